The number of aromatic carboxylic acids is 1. The molecule has 0 aliphatic rings. The van der Waals surface area contributed by atoms with Crippen LogP contribution in [0.2, 0.25) is 5.02 Å². The molecule has 0 heterocycles. The fourth-order valence-corrected chi connectivity index (χ4v) is 2.01. The highest BCUT2D eigenvalue weighted by Crippen LogP contribution is 2.23. The predicted octanol–water partition coefficient (Wildman–Crippen LogP) is 3.66. The van der Waals surface area contributed by atoms with Crippen LogP contribution in [0.25, 0.3) is 0 Å². The quantitative estimate of drug-likeness (QED) is 0.904. The highest BCUT2D eigenvalue weighted by atomic mass is 35.5. The fraction of sp³-hybridized carbons (Fsp3) is 0.0667. The standard InChI is InChI=1S/C15H10ClFN2O2/c16-12-5-9(7-18)2-4-14(12)19-8-10-1-3-11(15(20)21)13(17)6-10/h1-6,19H,8H2,(H,20,21). The van der Waals surface area contributed by atoms with Crippen molar-refractivity contribution in [3.8, 4) is 6.07 Å². The number of halogens is 2. The summed E-state index contributed by atoms with van der Waals surface area (Å²) in [6.07, 6.45) is 0. The molecule has 0 unspecified atom stereocenters. The monoisotopic (exact) mass is 304 g/mol. The molecule has 2 N–H and O–H groups in total. The summed E-state index contributed by atoms with van der Waals surface area (Å²) in [4.78, 5) is 10.7. The number of carbonyl (C=O) groups is 1. The lowest BCUT2D eigenvalue weighted by molar-refractivity contribution is 0.0692. The number of carboxylic acid groups (broad SMARTS) is 1. The molecule has 0 radical (unpaired) electrons. The molecule has 0 fully saturated rings. The maximum Gasteiger partial charge on any atom is 0.338 e. The Balaban J connectivity index is 2.12. The third-order valence-corrected chi connectivity index (χ3v) is 3.16. The number of nitrogens with zero attached hydrogens (tertiary/aromatic N) is 1. The van der Waals surface area contributed by atoms with E-state index in [1.165, 1.54) is 18.2 Å². The van der Waals surface area contributed by atoms with Gasteiger partial charge in [0.1, 0.15) is 5.82 Å². The molecule has 0 spiro atoms. The van der Waals surface area contributed by atoms with Crippen molar-refractivity contribution in [2.24, 2.45) is 0 Å². The third kappa shape index (κ3) is 3.50. The second kappa shape index (κ2) is 6.25. The summed E-state index contributed by atoms with van der Waals surface area (Å²) in [5.41, 5.74) is 1.27. The van der Waals surface area contributed by atoms with Gasteiger partial charge in [0, 0.05) is 6.54 Å². The number of benzene rings is 2. The molecule has 2 rings (SSSR count). The van der Waals surface area contributed by atoms with E-state index in [0.29, 0.717) is 21.8 Å². The first-order valence-electron chi connectivity index (χ1n) is 5.96. The van der Waals surface area contributed by atoms with E-state index in [-0.39, 0.29) is 12.1 Å². The van der Waals surface area contributed by atoms with Gasteiger partial charge in [-0.05, 0) is 35.9 Å². The SMILES string of the molecule is N#Cc1ccc(NCc2ccc(C(=O)O)c(F)c2)c(Cl)c1. The van der Waals surface area contributed by atoms with Crippen molar-refractivity contribution in [1.82, 2.24) is 0 Å². The molecule has 0 aromatic heterocycles. The van der Waals surface area contributed by atoms with Crippen molar-refractivity contribution < 1.29 is 14.3 Å². The number of nitrogens with one attached hydrogen (secondary N) is 1. The van der Waals surface area contributed by atoms with Gasteiger partial charge in [-0.15, -0.1) is 0 Å². The summed E-state index contributed by atoms with van der Waals surface area (Å²) >= 11 is 6.01. The van der Waals surface area contributed by atoms with Gasteiger partial charge in [0.2, 0.25) is 0 Å². The lowest BCUT2D eigenvalue weighted by Crippen LogP contribution is -2.04. The van der Waals surface area contributed by atoms with Crippen LogP contribution in [0, 0.1) is 17.1 Å². The summed E-state index contributed by atoms with van der Waals surface area (Å²) in [5.74, 6) is -2.09. The second-order valence-electron chi connectivity index (χ2n) is 4.28. The smallest absolute Gasteiger partial charge is 0.338 e. The highest BCUT2D eigenvalue weighted by Gasteiger charge is 2.10. The average Bonchev–Trinajstić information content (AvgIpc) is 2.45. The van der Waals surface area contributed by atoms with Gasteiger partial charge in [0.25, 0.3) is 0 Å². The van der Waals surface area contributed by atoms with Gasteiger partial charge in [0.15, 0.2) is 0 Å². The van der Waals surface area contributed by atoms with Crippen molar-refractivity contribution in [2.75, 3.05) is 5.32 Å². The van der Waals surface area contributed by atoms with Crippen LogP contribution in [0.15, 0.2) is 36.4 Å². The summed E-state index contributed by atoms with van der Waals surface area (Å²) < 4.78 is 13.5. The molecule has 0 saturated carbocycles. The zero-order chi connectivity index (χ0) is 15.4. The van der Waals surface area contributed by atoms with E-state index >= 15 is 0 Å². The van der Waals surface area contributed by atoms with E-state index in [1.54, 1.807) is 12.1 Å². The summed E-state index contributed by atoms with van der Waals surface area (Å²) in [5, 5.41) is 20.9. The maximum absolute atomic E-state index is 13.5. The minimum atomic E-state index is -1.30. The van der Waals surface area contributed by atoms with Gasteiger partial charge >= 0.3 is 5.97 Å². The predicted molar refractivity (Wildman–Crippen MR) is 76.9 cm³/mol. The van der Waals surface area contributed by atoms with Gasteiger partial charge in [-0.2, -0.15) is 5.26 Å². The first-order valence-corrected chi connectivity index (χ1v) is 6.34. The van der Waals surface area contributed by atoms with E-state index < -0.39 is 11.8 Å². The zero-order valence-electron chi connectivity index (χ0n) is 10.7. The largest absolute Gasteiger partial charge is 0.478 e. The van der Waals surface area contributed by atoms with Crippen LogP contribution in [0.3, 0.4) is 0 Å². The van der Waals surface area contributed by atoms with Gasteiger partial charge in [0.05, 0.1) is 27.9 Å². The molecule has 106 valence electrons. The molecule has 4 nitrogen and oxygen atoms in total. The number of rotatable bonds is 4. The first-order chi connectivity index (χ1) is 10.0. The zero-order valence-corrected chi connectivity index (χ0v) is 11.5. The number of carboxylic acids is 1. The van der Waals surface area contributed by atoms with Crippen molar-refractivity contribution in [2.45, 2.75) is 6.54 Å². The minimum absolute atomic E-state index is 0.280. The van der Waals surface area contributed by atoms with Gasteiger partial charge < -0.3 is 10.4 Å². The van der Waals surface area contributed by atoms with E-state index in [9.17, 15) is 9.18 Å². The van der Waals surface area contributed by atoms with E-state index in [4.69, 9.17) is 22.0 Å². The number of nitriles is 1. The Morgan fingerprint density at radius 2 is 2.10 bits per heavy atom. The molecule has 21 heavy (non-hydrogen) atoms. The lowest BCUT2D eigenvalue weighted by atomic mass is 10.1. The van der Waals surface area contributed by atoms with Crippen LogP contribution < -0.4 is 5.32 Å². The van der Waals surface area contributed by atoms with Crippen LogP contribution in [-0.4, -0.2) is 11.1 Å². The van der Waals surface area contributed by atoms with Gasteiger partial charge in [-0.1, -0.05) is 17.7 Å². The molecule has 0 bridgehead atoms. The fourth-order valence-electron chi connectivity index (χ4n) is 1.77. The minimum Gasteiger partial charge on any atom is -0.478 e. The molecule has 0 atom stereocenters. The Kier molecular flexibility index (Phi) is 4.41. The Labute approximate surface area is 125 Å². The topological polar surface area (TPSA) is 73.1 Å². The van der Waals surface area contributed by atoms with Crippen LogP contribution >= 0.6 is 11.6 Å². The van der Waals surface area contributed by atoms with E-state index in [1.807, 2.05) is 6.07 Å². The van der Waals surface area contributed by atoms with Crippen molar-refractivity contribution in [3.05, 3.63) is 63.9 Å². The molecule has 6 heteroatoms. The summed E-state index contributed by atoms with van der Waals surface area (Å²) in [6.45, 7) is 0.280. The van der Waals surface area contributed by atoms with E-state index in [2.05, 4.69) is 5.32 Å². The highest BCUT2D eigenvalue weighted by molar-refractivity contribution is 6.33. The van der Waals surface area contributed by atoms with Crippen LogP contribution in [-0.2, 0) is 6.54 Å². The van der Waals surface area contributed by atoms with Crippen LogP contribution in [0.4, 0.5) is 10.1 Å². The number of hydrogen-bond acceptors (Lipinski definition) is 3. The Hall–Kier alpha value is -2.58. The van der Waals surface area contributed by atoms with Crippen LogP contribution in [0.5, 0.6) is 0 Å². The molecule has 0 aliphatic carbocycles. The molecule has 0 saturated heterocycles. The Bertz CT molecular complexity index is 741. The van der Waals surface area contributed by atoms with Crippen molar-refractivity contribution >= 4 is 23.3 Å². The molecule has 0 aliphatic heterocycles. The maximum atomic E-state index is 13.5. The normalized spacial score (nSPS) is 9.95. The van der Waals surface area contributed by atoms with Crippen molar-refractivity contribution in [3.63, 3.8) is 0 Å². The molecular weight excluding hydrogens is 295 g/mol. The van der Waals surface area contributed by atoms with Crippen LogP contribution in [0.1, 0.15) is 21.5 Å². The molecule has 0 amide bonds. The second-order valence-corrected chi connectivity index (χ2v) is 4.69. The summed E-state index contributed by atoms with van der Waals surface area (Å²) in [6, 6.07) is 10.7. The van der Waals surface area contributed by atoms with Gasteiger partial charge in [-0.25, -0.2) is 9.18 Å². The number of hydrogen-bond donors (Lipinski definition) is 2. The third-order valence-electron chi connectivity index (χ3n) is 2.85. The van der Waals surface area contributed by atoms with E-state index in [0.717, 1.165) is 6.07 Å². The Morgan fingerprint density at radius 3 is 2.67 bits per heavy atom. The molecule has 2 aromatic rings. The summed E-state index contributed by atoms with van der Waals surface area (Å²) in [7, 11) is 0. The molecular formula is C15H10ClFN2O2. The van der Waals surface area contributed by atoms with Gasteiger partial charge in [-0.3, -0.25) is 0 Å². The first kappa shape index (κ1) is 14.8. The average molecular weight is 305 g/mol. The van der Waals surface area contributed by atoms with Crippen molar-refractivity contribution in [1.29, 1.82) is 5.26 Å². The Morgan fingerprint density at radius 1 is 1.33 bits per heavy atom. The lowest BCUT2D eigenvalue weighted by Gasteiger charge is -2.09. The molecule has 2 aromatic carbocycles. The number of anilines is 1.